The number of rotatable bonds is 8. The highest BCUT2D eigenvalue weighted by Crippen LogP contribution is 2.43. The van der Waals surface area contributed by atoms with E-state index in [1.807, 2.05) is 30.4 Å². The molecule has 2 aliphatic carbocycles. The van der Waals surface area contributed by atoms with Crippen molar-refractivity contribution in [3.63, 3.8) is 0 Å². The van der Waals surface area contributed by atoms with Crippen LogP contribution in [0, 0.1) is 5.92 Å². The van der Waals surface area contributed by atoms with Gasteiger partial charge in [-0.25, -0.2) is 0 Å². The highest BCUT2D eigenvalue weighted by Gasteiger charge is 2.29. The number of nitrogens with one attached hydrogen (secondary N) is 2. The number of nitrogens with zero attached hydrogens (tertiary/aromatic N) is 4. The van der Waals surface area contributed by atoms with E-state index in [0.29, 0.717) is 26.7 Å². The predicted octanol–water partition coefficient (Wildman–Crippen LogP) is 6.69. The fraction of sp³-hybridized carbons (Fsp3) is 0.385. The molecule has 1 saturated carbocycles. The molecule has 2 N–H and O–H groups in total. The number of hydrogen-bond donors (Lipinski definition) is 2. The molecule has 2 heterocycles. The van der Waals surface area contributed by atoms with Crippen LogP contribution in [0.5, 0.6) is 0 Å². The Kier molecular flexibility index (Phi) is 8.83. The van der Waals surface area contributed by atoms with Crippen molar-refractivity contribution in [2.24, 2.45) is 5.92 Å². The van der Waals surface area contributed by atoms with Gasteiger partial charge in [-0.2, -0.15) is 0 Å². The maximum Gasteiger partial charge on any atom is 0.230 e. The average molecular weight is 590 g/mol. The molecule has 2 aromatic heterocycles. The molecule has 1 unspecified atom stereocenters. The number of amides is 2. The maximum atomic E-state index is 12.5. The molecule has 0 radical (unpaired) electrons. The van der Waals surface area contributed by atoms with Gasteiger partial charge in [-0.05, 0) is 55.4 Å². The van der Waals surface area contributed by atoms with Gasteiger partial charge in [0, 0.05) is 28.3 Å². The van der Waals surface area contributed by atoms with E-state index >= 15 is 0 Å². The van der Waals surface area contributed by atoms with Gasteiger partial charge in [0.25, 0.3) is 0 Å². The molecule has 1 fully saturated rings. The van der Waals surface area contributed by atoms with Gasteiger partial charge >= 0.3 is 0 Å². The van der Waals surface area contributed by atoms with E-state index in [1.165, 1.54) is 22.7 Å². The van der Waals surface area contributed by atoms with E-state index in [4.69, 9.17) is 23.2 Å². The first-order chi connectivity index (χ1) is 18.4. The summed E-state index contributed by atoms with van der Waals surface area (Å²) < 4.78 is 0. The molecule has 38 heavy (non-hydrogen) atoms. The molecule has 3 aromatic rings. The molecular weight excluding hydrogens is 563 g/mol. The second-order valence-corrected chi connectivity index (χ2v) is 12.4. The summed E-state index contributed by atoms with van der Waals surface area (Å²) in [5.41, 5.74) is 0.842. The largest absolute Gasteiger partial charge is 0.301 e. The Morgan fingerprint density at radius 1 is 0.947 bits per heavy atom. The zero-order chi connectivity index (χ0) is 26.5. The average Bonchev–Trinajstić information content (AvgIpc) is 3.54. The van der Waals surface area contributed by atoms with Crippen molar-refractivity contribution in [2.75, 3.05) is 10.6 Å². The predicted molar refractivity (Wildman–Crippen MR) is 152 cm³/mol. The van der Waals surface area contributed by atoms with Crippen LogP contribution in [0.3, 0.4) is 0 Å². The summed E-state index contributed by atoms with van der Waals surface area (Å²) in [4.78, 5) is 24.9. The Labute approximate surface area is 238 Å². The lowest BCUT2D eigenvalue weighted by atomic mass is 9.82. The first-order valence-electron chi connectivity index (χ1n) is 12.5. The molecule has 12 heteroatoms. The normalized spacial score (nSPS) is 21.1. The van der Waals surface area contributed by atoms with E-state index < -0.39 is 0 Å². The van der Waals surface area contributed by atoms with Gasteiger partial charge in [0.15, 0.2) is 0 Å². The van der Waals surface area contributed by atoms with Gasteiger partial charge in [-0.15, -0.1) is 20.4 Å². The van der Waals surface area contributed by atoms with Crippen molar-refractivity contribution >= 4 is 68.0 Å². The Balaban J connectivity index is 1.14. The molecule has 1 aromatic carbocycles. The minimum atomic E-state index is -0.154. The summed E-state index contributed by atoms with van der Waals surface area (Å²) in [6, 6.07) is 7.25. The second kappa shape index (κ2) is 12.5. The Morgan fingerprint density at radius 2 is 1.63 bits per heavy atom. The highest BCUT2D eigenvalue weighted by atomic mass is 35.5. The summed E-state index contributed by atoms with van der Waals surface area (Å²) in [5.74, 6) is 0.333. The number of hydrogen-bond acceptors (Lipinski definition) is 8. The smallest absolute Gasteiger partial charge is 0.230 e. The van der Waals surface area contributed by atoms with Crippen LogP contribution in [-0.2, 0) is 16.0 Å². The number of allylic oxidation sites excluding steroid dienone is 4. The molecule has 3 atom stereocenters. The van der Waals surface area contributed by atoms with Crippen molar-refractivity contribution in [2.45, 2.75) is 56.8 Å². The van der Waals surface area contributed by atoms with Crippen LogP contribution in [-0.4, -0.2) is 32.2 Å². The van der Waals surface area contributed by atoms with Crippen LogP contribution in [0.4, 0.5) is 10.3 Å². The zero-order valence-electron chi connectivity index (χ0n) is 20.4. The van der Waals surface area contributed by atoms with E-state index in [0.717, 1.165) is 47.7 Å². The lowest BCUT2D eigenvalue weighted by molar-refractivity contribution is -0.117. The summed E-state index contributed by atoms with van der Waals surface area (Å²) in [5, 5.41) is 27.0. The Bertz CT molecular complexity index is 1370. The van der Waals surface area contributed by atoms with Gasteiger partial charge in [-0.3, -0.25) is 9.59 Å². The maximum absolute atomic E-state index is 12.5. The summed E-state index contributed by atoms with van der Waals surface area (Å²) >= 11 is 14.9. The van der Waals surface area contributed by atoms with Crippen LogP contribution in [0.1, 0.15) is 65.9 Å². The van der Waals surface area contributed by atoms with Crippen LogP contribution in [0.2, 0.25) is 5.02 Å². The molecule has 0 spiro atoms. The highest BCUT2D eigenvalue weighted by molar-refractivity contribution is 7.15. The van der Waals surface area contributed by atoms with Crippen LogP contribution in [0.15, 0.2) is 47.5 Å². The van der Waals surface area contributed by atoms with Crippen molar-refractivity contribution in [1.29, 1.82) is 0 Å². The summed E-state index contributed by atoms with van der Waals surface area (Å²) in [6.45, 7) is 0. The summed E-state index contributed by atoms with van der Waals surface area (Å²) in [6.07, 6.45) is 11.1. The SMILES string of the molecule is O=C(Cc1cccc(Cl)c1)Nc1nnc([C@H]2CCC[C@H](c3nnc(NC(=O)CC4C=C(Cl)C=CC4)s3)C2)s1. The molecule has 2 aliphatic rings. The monoisotopic (exact) mass is 588 g/mol. The molecular formula is C26H26Cl2N6O2S2. The molecule has 0 aliphatic heterocycles. The number of benzene rings is 1. The number of halogens is 2. The topological polar surface area (TPSA) is 110 Å². The standard InChI is InChI=1S/C26H26Cl2N6O2S2/c27-19-8-1-4-15(10-19)12-21(35)29-25-33-31-23(37-25)17-6-3-7-18(14-17)24-32-34-26(38-24)30-22(36)13-16-5-2-9-20(28)11-16/h1-2,4,8-11,16-18H,3,5-7,12-14H2,(H,29,33,35)(H,30,34,36)/t16?,17-,18-/m0/s1. The fourth-order valence-corrected chi connectivity index (χ4v) is 7.08. The van der Waals surface area contributed by atoms with E-state index in [1.54, 1.807) is 12.1 Å². The summed E-state index contributed by atoms with van der Waals surface area (Å²) in [7, 11) is 0. The first kappa shape index (κ1) is 26.9. The van der Waals surface area contributed by atoms with Crippen LogP contribution < -0.4 is 10.6 Å². The third-order valence-corrected chi connectivity index (χ3v) is 9.05. The Hall–Kier alpha value is -2.66. The van der Waals surface area contributed by atoms with Gasteiger partial charge < -0.3 is 10.6 Å². The molecule has 0 bridgehead atoms. The van der Waals surface area contributed by atoms with Gasteiger partial charge in [-0.1, -0.05) is 76.6 Å². The number of anilines is 2. The van der Waals surface area contributed by atoms with Crippen molar-refractivity contribution in [3.05, 3.63) is 68.1 Å². The zero-order valence-corrected chi connectivity index (χ0v) is 23.5. The lowest BCUT2D eigenvalue weighted by Gasteiger charge is -2.25. The molecule has 0 saturated heterocycles. The van der Waals surface area contributed by atoms with Crippen molar-refractivity contribution < 1.29 is 9.59 Å². The second-order valence-electron chi connectivity index (χ2n) is 9.51. The van der Waals surface area contributed by atoms with Gasteiger partial charge in [0.05, 0.1) is 6.42 Å². The number of aromatic nitrogens is 4. The van der Waals surface area contributed by atoms with Crippen LogP contribution in [0.25, 0.3) is 0 Å². The lowest BCUT2D eigenvalue weighted by Crippen LogP contribution is -2.16. The van der Waals surface area contributed by atoms with Gasteiger partial charge in [0.1, 0.15) is 10.0 Å². The third-order valence-electron chi connectivity index (χ3n) is 6.56. The number of carbonyl (C=O) groups excluding carboxylic acids is 2. The van der Waals surface area contributed by atoms with E-state index in [2.05, 4.69) is 31.0 Å². The van der Waals surface area contributed by atoms with Crippen molar-refractivity contribution in [3.8, 4) is 0 Å². The minimum absolute atomic E-state index is 0.0889. The van der Waals surface area contributed by atoms with E-state index in [-0.39, 0.29) is 36.0 Å². The Morgan fingerprint density at radius 3 is 2.29 bits per heavy atom. The first-order valence-corrected chi connectivity index (χ1v) is 14.8. The minimum Gasteiger partial charge on any atom is -0.301 e. The fourth-order valence-electron chi connectivity index (χ4n) is 4.79. The van der Waals surface area contributed by atoms with Crippen molar-refractivity contribution in [1.82, 2.24) is 20.4 Å². The van der Waals surface area contributed by atoms with E-state index in [9.17, 15) is 9.59 Å². The molecule has 8 nitrogen and oxygen atoms in total. The molecule has 5 rings (SSSR count). The quantitative estimate of drug-likeness (QED) is 0.303. The van der Waals surface area contributed by atoms with Crippen LogP contribution >= 0.6 is 45.9 Å². The molecule has 2 amide bonds. The third kappa shape index (κ3) is 7.25. The van der Waals surface area contributed by atoms with Gasteiger partial charge in [0.2, 0.25) is 22.1 Å². The number of carbonyl (C=O) groups is 2. The molecule has 198 valence electrons.